The molecule has 1 nitrogen and oxygen atoms in total. The van der Waals surface area contributed by atoms with Crippen LogP contribution in [0.25, 0.3) is 0 Å². The predicted octanol–water partition coefficient (Wildman–Crippen LogP) is 4.67. The Balaban J connectivity index is 3.00. The van der Waals surface area contributed by atoms with Gasteiger partial charge in [-0.2, -0.15) is 0 Å². The van der Waals surface area contributed by atoms with Crippen LogP contribution in [0.15, 0.2) is 0 Å². The first kappa shape index (κ1) is 16.0. The molecule has 1 heteroatoms. The summed E-state index contributed by atoms with van der Waals surface area (Å²) >= 11 is 0. The molecule has 0 spiro atoms. The number of hydrogen-bond donors (Lipinski definition) is 0. The summed E-state index contributed by atoms with van der Waals surface area (Å²) in [6, 6.07) is 1.39. The van der Waals surface area contributed by atoms with E-state index in [2.05, 4.69) is 67.2 Å². The molecule has 0 radical (unpaired) electrons. The molecule has 1 fully saturated rings. The van der Waals surface area contributed by atoms with Gasteiger partial charge in [0.15, 0.2) is 0 Å². The van der Waals surface area contributed by atoms with Gasteiger partial charge in [0, 0.05) is 18.6 Å². The van der Waals surface area contributed by atoms with E-state index in [-0.39, 0.29) is 0 Å². The molecule has 0 aromatic rings. The van der Waals surface area contributed by atoms with Gasteiger partial charge in [-0.1, -0.05) is 48.5 Å². The highest BCUT2D eigenvalue weighted by Crippen LogP contribution is 2.39. The monoisotopic (exact) mass is 253 g/mol. The standard InChI is InChI=1S/C17H35N/c1-11-12(2)14(4)16(6)18(10-17(7,8)9)15(5)13(11)3/h11-16H,10H2,1-9H3. The molecule has 1 aliphatic rings. The lowest BCUT2D eigenvalue weighted by atomic mass is 9.77. The zero-order chi connectivity index (χ0) is 14.2. The van der Waals surface area contributed by atoms with Crippen molar-refractivity contribution in [3.63, 3.8) is 0 Å². The maximum atomic E-state index is 2.77. The summed E-state index contributed by atoms with van der Waals surface area (Å²) in [5.41, 5.74) is 0.388. The Kier molecular flexibility index (Phi) is 4.92. The fourth-order valence-corrected chi connectivity index (χ4v) is 3.65. The smallest absolute Gasteiger partial charge is 0.00983 e. The van der Waals surface area contributed by atoms with Gasteiger partial charge in [-0.05, 0) is 42.9 Å². The summed E-state index contributed by atoms with van der Waals surface area (Å²) in [5.74, 6) is 3.22. The molecule has 1 aliphatic heterocycles. The molecule has 1 saturated heterocycles. The first-order valence-corrected chi connectivity index (χ1v) is 7.82. The third-order valence-corrected chi connectivity index (χ3v) is 5.71. The van der Waals surface area contributed by atoms with Crippen LogP contribution >= 0.6 is 0 Å². The van der Waals surface area contributed by atoms with Gasteiger partial charge in [0.25, 0.3) is 0 Å². The molecule has 0 bridgehead atoms. The third kappa shape index (κ3) is 3.29. The van der Waals surface area contributed by atoms with E-state index in [1.165, 1.54) is 6.54 Å². The predicted molar refractivity (Wildman–Crippen MR) is 81.7 cm³/mol. The molecule has 0 amide bonds. The van der Waals surface area contributed by atoms with Crippen LogP contribution in [0.1, 0.15) is 62.3 Å². The molecule has 0 aromatic carbocycles. The van der Waals surface area contributed by atoms with Crippen molar-refractivity contribution < 1.29 is 0 Å². The van der Waals surface area contributed by atoms with Gasteiger partial charge < -0.3 is 0 Å². The van der Waals surface area contributed by atoms with Crippen molar-refractivity contribution in [1.82, 2.24) is 4.90 Å². The molecule has 6 atom stereocenters. The van der Waals surface area contributed by atoms with E-state index in [0.29, 0.717) is 17.5 Å². The lowest BCUT2D eigenvalue weighted by Gasteiger charge is -2.41. The van der Waals surface area contributed by atoms with Gasteiger partial charge in [-0.3, -0.25) is 4.90 Å². The van der Waals surface area contributed by atoms with Crippen LogP contribution in [0.3, 0.4) is 0 Å². The lowest BCUT2D eigenvalue weighted by Crippen LogP contribution is -2.48. The molecule has 6 unspecified atom stereocenters. The van der Waals surface area contributed by atoms with Crippen molar-refractivity contribution in [2.75, 3.05) is 6.54 Å². The molecule has 1 rings (SSSR count). The second-order valence-electron chi connectivity index (χ2n) is 8.15. The summed E-state index contributed by atoms with van der Waals surface area (Å²) < 4.78 is 0. The van der Waals surface area contributed by atoms with E-state index >= 15 is 0 Å². The molecular formula is C17H35N. The number of hydrogen-bond acceptors (Lipinski definition) is 1. The van der Waals surface area contributed by atoms with E-state index in [1.807, 2.05) is 0 Å². The molecule has 0 aromatic heterocycles. The Hall–Kier alpha value is -0.0400. The Morgan fingerprint density at radius 1 is 0.667 bits per heavy atom. The highest BCUT2D eigenvalue weighted by Gasteiger charge is 2.40. The van der Waals surface area contributed by atoms with Gasteiger partial charge in [-0.15, -0.1) is 0 Å². The van der Waals surface area contributed by atoms with Crippen molar-refractivity contribution in [3.05, 3.63) is 0 Å². The quantitative estimate of drug-likeness (QED) is 0.656. The average molecular weight is 253 g/mol. The summed E-state index contributed by atoms with van der Waals surface area (Å²) in [6.07, 6.45) is 0. The van der Waals surface area contributed by atoms with Crippen LogP contribution in [-0.4, -0.2) is 23.5 Å². The van der Waals surface area contributed by atoms with E-state index in [9.17, 15) is 0 Å². The Morgan fingerprint density at radius 3 is 1.28 bits per heavy atom. The highest BCUT2D eigenvalue weighted by atomic mass is 15.2. The van der Waals surface area contributed by atoms with Gasteiger partial charge in [0.1, 0.15) is 0 Å². The van der Waals surface area contributed by atoms with Crippen molar-refractivity contribution in [3.8, 4) is 0 Å². The molecule has 0 N–H and O–H groups in total. The minimum absolute atomic E-state index is 0.388. The lowest BCUT2D eigenvalue weighted by molar-refractivity contribution is 0.0665. The fourth-order valence-electron chi connectivity index (χ4n) is 3.65. The van der Waals surface area contributed by atoms with Crippen LogP contribution in [0.4, 0.5) is 0 Å². The molecule has 108 valence electrons. The first-order chi connectivity index (χ1) is 8.06. The first-order valence-electron chi connectivity index (χ1n) is 7.82. The Labute approximate surface area is 115 Å². The molecule has 18 heavy (non-hydrogen) atoms. The fraction of sp³-hybridized carbons (Fsp3) is 1.00. The average Bonchev–Trinajstić information content (AvgIpc) is 2.31. The maximum absolute atomic E-state index is 2.77. The van der Waals surface area contributed by atoms with Crippen LogP contribution in [0, 0.1) is 29.1 Å². The highest BCUT2D eigenvalue weighted by molar-refractivity contribution is 4.92. The SMILES string of the molecule is CC1C(C)C(C)C(C)N(CC(C)(C)C)C(C)C1C. The molecule has 0 saturated carbocycles. The van der Waals surface area contributed by atoms with Crippen LogP contribution < -0.4 is 0 Å². The molecule has 1 heterocycles. The van der Waals surface area contributed by atoms with E-state index in [1.54, 1.807) is 0 Å². The maximum Gasteiger partial charge on any atom is 0.00983 e. The van der Waals surface area contributed by atoms with Crippen molar-refractivity contribution in [1.29, 1.82) is 0 Å². The van der Waals surface area contributed by atoms with Gasteiger partial charge in [-0.25, -0.2) is 0 Å². The van der Waals surface area contributed by atoms with E-state index in [0.717, 1.165) is 23.7 Å². The zero-order valence-corrected chi connectivity index (χ0v) is 14.1. The second-order valence-corrected chi connectivity index (χ2v) is 8.15. The van der Waals surface area contributed by atoms with Crippen LogP contribution in [-0.2, 0) is 0 Å². The third-order valence-electron chi connectivity index (χ3n) is 5.71. The number of rotatable bonds is 1. The summed E-state index contributed by atoms with van der Waals surface area (Å²) in [4.78, 5) is 2.77. The zero-order valence-electron chi connectivity index (χ0n) is 14.1. The van der Waals surface area contributed by atoms with Crippen molar-refractivity contribution in [2.45, 2.75) is 74.4 Å². The Morgan fingerprint density at radius 2 is 1.00 bits per heavy atom. The van der Waals surface area contributed by atoms with Crippen LogP contribution in [0.5, 0.6) is 0 Å². The largest absolute Gasteiger partial charge is 0.297 e. The molecular weight excluding hydrogens is 218 g/mol. The normalized spacial score (nSPS) is 43.8. The van der Waals surface area contributed by atoms with Crippen molar-refractivity contribution >= 4 is 0 Å². The van der Waals surface area contributed by atoms with Gasteiger partial charge >= 0.3 is 0 Å². The van der Waals surface area contributed by atoms with E-state index < -0.39 is 0 Å². The minimum Gasteiger partial charge on any atom is -0.297 e. The second kappa shape index (κ2) is 5.53. The number of nitrogens with zero attached hydrogens (tertiary/aromatic N) is 1. The van der Waals surface area contributed by atoms with Crippen molar-refractivity contribution in [2.24, 2.45) is 29.1 Å². The van der Waals surface area contributed by atoms with Gasteiger partial charge in [0.05, 0.1) is 0 Å². The summed E-state index contributed by atoms with van der Waals surface area (Å²) in [5, 5.41) is 0. The number of likely N-dealkylation sites (tertiary alicyclic amines) is 1. The van der Waals surface area contributed by atoms with Crippen LogP contribution in [0.2, 0.25) is 0 Å². The summed E-state index contributed by atoms with van der Waals surface area (Å²) in [7, 11) is 0. The van der Waals surface area contributed by atoms with E-state index in [4.69, 9.17) is 0 Å². The Bertz CT molecular complexity index is 245. The summed E-state index contributed by atoms with van der Waals surface area (Å²) in [6.45, 7) is 23.0. The topological polar surface area (TPSA) is 3.24 Å². The minimum atomic E-state index is 0.388. The molecule has 0 aliphatic carbocycles. The van der Waals surface area contributed by atoms with Gasteiger partial charge in [0.2, 0.25) is 0 Å².